The summed E-state index contributed by atoms with van der Waals surface area (Å²) in [5.74, 6) is 0. The van der Waals surface area contributed by atoms with E-state index in [0.717, 1.165) is 10.6 Å². The highest BCUT2D eigenvalue weighted by molar-refractivity contribution is 7.10. The maximum absolute atomic E-state index is 11.7. The molecule has 0 saturated carbocycles. The summed E-state index contributed by atoms with van der Waals surface area (Å²) in [6.45, 7) is 2.36. The van der Waals surface area contributed by atoms with Crippen LogP contribution in [0.1, 0.15) is 17.5 Å². The maximum Gasteiger partial charge on any atom is 0.314 e. The lowest BCUT2D eigenvalue weighted by molar-refractivity contribution is 0.0631. The minimum Gasteiger partial charge on any atom is -0.383 e. The first kappa shape index (κ1) is 15.5. The molecule has 3 N–H and O–H groups in total. The van der Waals surface area contributed by atoms with Crippen LogP contribution in [0.4, 0.5) is 4.79 Å². The van der Waals surface area contributed by atoms with Gasteiger partial charge in [0.15, 0.2) is 0 Å². The minimum absolute atomic E-state index is 0.170. The highest BCUT2D eigenvalue weighted by atomic mass is 32.1. The fraction of sp³-hybridized carbons (Fsp3) is 0.333. The number of nitrogens with zero attached hydrogens (tertiary/aromatic N) is 1. The minimum atomic E-state index is -1.05. The second-order valence-electron chi connectivity index (χ2n) is 4.93. The Kier molecular flexibility index (Phi) is 5.30. The maximum atomic E-state index is 11.7. The quantitative estimate of drug-likeness (QED) is 0.763. The van der Waals surface area contributed by atoms with E-state index >= 15 is 0 Å². The van der Waals surface area contributed by atoms with Crippen LogP contribution in [0.3, 0.4) is 0 Å². The Hall–Kier alpha value is -1.92. The van der Waals surface area contributed by atoms with Crippen LogP contribution < -0.4 is 10.6 Å². The average molecular weight is 305 g/mol. The van der Waals surface area contributed by atoms with Gasteiger partial charge in [-0.05, 0) is 30.5 Å². The molecule has 0 aromatic carbocycles. The summed E-state index contributed by atoms with van der Waals surface area (Å²) in [7, 11) is 0. The van der Waals surface area contributed by atoms with Crippen molar-refractivity contribution in [3.63, 3.8) is 0 Å². The number of carbonyl (C=O) groups excluding carboxylic acids is 1. The number of carbonyl (C=O) groups is 1. The summed E-state index contributed by atoms with van der Waals surface area (Å²) in [6.07, 6.45) is 2.41. The zero-order chi connectivity index (χ0) is 15.1. The Morgan fingerprint density at radius 3 is 2.86 bits per heavy atom. The largest absolute Gasteiger partial charge is 0.383 e. The van der Waals surface area contributed by atoms with E-state index in [0.29, 0.717) is 13.0 Å². The summed E-state index contributed by atoms with van der Waals surface area (Å²) in [5.41, 5.74) is -0.115. The summed E-state index contributed by atoms with van der Waals surface area (Å²) in [5, 5.41) is 17.6. The highest BCUT2D eigenvalue weighted by Gasteiger charge is 2.24. The van der Waals surface area contributed by atoms with Crippen LogP contribution >= 0.6 is 11.3 Å². The molecule has 0 spiro atoms. The van der Waals surface area contributed by atoms with Gasteiger partial charge in [-0.1, -0.05) is 12.1 Å². The normalized spacial score (nSPS) is 13.4. The molecule has 2 amide bonds. The number of rotatable bonds is 6. The van der Waals surface area contributed by atoms with E-state index in [1.807, 2.05) is 35.7 Å². The molecule has 1 atom stereocenters. The van der Waals surface area contributed by atoms with Crippen LogP contribution in [0.2, 0.25) is 0 Å². The van der Waals surface area contributed by atoms with Crippen molar-refractivity contribution in [1.29, 1.82) is 0 Å². The summed E-state index contributed by atoms with van der Waals surface area (Å²) in [6, 6.07) is 9.13. The number of urea groups is 1. The van der Waals surface area contributed by atoms with Crippen LogP contribution in [-0.4, -0.2) is 29.2 Å². The fourth-order valence-corrected chi connectivity index (χ4v) is 2.62. The zero-order valence-corrected chi connectivity index (χ0v) is 12.7. The Morgan fingerprint density at radius 1 is 1.33 bits per heavy atom. The molecule has 2 aromatic heterocycles. The standard InChI is InChI=1S/C15H19N3O2S/c1-15(20,13-6-4-10-21-13)11-18-14(19)17-9-7-12-5-2-3-8-16-12/h2-6,8,10,20H,7,9,11H2,1H3,(H2,17,18,19). The number of aliphatic hydroxyl groups is 1. The molecule has 2 heterocycles. The third-order valence-corrected chi connectivity index (χ3v) is 4.16. The van der Waals surface area contributed by atoms with Crippen molar-refractivity contribution in [2.24, 2.45) is 0 Å². The van der Waals surface area contributed by atoms with E-state index in [4.69, 9.17) is 0 Å². The number of amides is 2. The molecule has 1 unspecified atom stereocenters. The molecule has 5 nitrogen and oxygen atoms in total. The Morgan fingerprint density at radius 2 is 2.19 bits per heavy atom. The van der Waals surface area contributed by atoms with Gasteiger partial charge in [-0.15, -0.1) is 11.3 Å². The Balaban J connectivity index is 1.70. The SMILES string of the molecule is CC(O)(CNC(=O)NCCc1ccccn1)c1cccs1. The molecule has 21 heavy (non-hydrogen) atoms. The second kappa shape index (κ2) is 7.19. The first-order valence-electron chi connectivity index (χ1n) is 6.76. The van der Waals surface area contributed by atoms with Gasteiger partial charge in [-0.2, -0.15) is 0 Å². The monoisotopic (exact) mass is 305 g/mol. The molecule has 0 aliphatic heterocycles. The van der Waals surface area contributed by atoms with Crippen LogP contribution in [0, 0.1) is 0 Å². The lowest BCUT2D eigenvalue weighted by Crippen LogP contribution is -2.43. The van der Waals surface area contributed by atoms with Gasteiger partial charge >= 0.3 is 6.03 Å². The molecule has 2 rings (SSSR count). The van der Waals surface area contributed by atoms with Crippen molar-refractivity contribution in [3.05, 3.63) is 52.5 Å². The van der Waals surface area contributed by atoms with Crippen molar-refractivity contribution >= 4 is 17.4 Å². The van der Waals surface area contributed by atoms with Gasteiger partial charge in [0.2, 0.25) is 0 Å². The molecule has 2 aromatic rings. The van der Waals surface area contributed by atoms with E-state index in [9.17, 15) is 9.90 Å². The first-order valence-corrected chi connectivity index (χ1v) is 7.64. The Bertz CT molecular complexity index is 556. The van der Waals surface area contributed by atoms with Crippen LogP contribution in [0.15, 0.2) is 41.9 Å². The molecule has 0 radical (unpaired) electrons. The van der Waals surface area contributed by atoms with Gasteiger partial charge < -0.3 is 15.7 Å². The van der Waals surface area contributed by atoms with Crippen LogP contribution in [0.25, 0.3) is 0 Å². The lowest BCUT2D eigenvalue weighted by atomic mass is 10.1. The first-order chi connectivity index (χ1) is 10.1. The number of thiophene rings is 1. The van der Waals surface area contributed by atoms with Gasteiger partial charge in [0.1, 0.15) is 5.60 Å². The summed E-state index contributed by atoms with van der Waals surface area (Å²) in [4.78, 5) is 16.7. The van der Waals surface area contributed by atoms with Crippen LogP contribution in [0.5, 0.6) is 0 Å². The predicted molar refractivity (Wildman–Crippen MR) is 83.2 cm³/mol. The van der Waals surface area contributed by atoms with E-state index in [-0.39, 0.29) is 12.6 Å². The predicted octanol–water partition coefficient (Wildman–Crippen LogP) is 1.89. The van der Waals surface area contributed by atoms with E-state index in [1.165, 1.54) is 11.3 Å². The molecule has 0 bridgehead atoms. The number of nitrogens with one attached hydrogen (secondary N) is 2. The average Bonchev–Trinajstić information content (AvgIpc) is 3.01. The van der Waals surface area contributed by atoms with Crippen molar-refractivity contribution < 1.29 is 9.90 Å². The molecule has 6 heteroatoms. The third kappa shape index (κ3) is 4.84. The topological polar surface area (TPSA) is 74.2 Å². The molecule has 0 aliphatic rings. The van der Waals surface area contributed by atoms with Crippen LogP contribution in [-0.2, 0) is 12.0 Å². The molecule has 0 fully saturated rings. The van der Waals surface area contributed by atoms with Gasteiger partial charge in [0.25, 0.3) is 0 Å². The van der Waals surface area contributed by atoms with Crippen molar-refractivity contribution in [2.45, 2.75) is 18.9 Å². The molecule has 0 aliphatic carbocycles. The highest BCUT2D eigenvalue weighted by Crippen LogP contribution is 2.24. The number of hydrogen-bond donors (Lipinski definition) is 3. The molecular formula is C15H19N3O2S. The number of hydrogen-bond acceptors (Lipinski definition) is 4. The van der Waals surface area contributed by atoms with Crippen molar-refractivity contribution in [1.82, 2.24) is 15.6 Å². The third-order valence-electron chi connectivity index (χ3n) is 3.04. The number of aromatic nitrogens is 1. The smallest absolute Gasteiger partial charge is 0.314 e. The van der Waals surface area contributed by atoms with Gasteiger partial charge in [-0.3, -0.25) is 4.98 Å². The second-order valence-corrected chi connectivity index (χ2v) is 5.88. The van der Waals surface area contributed by atoms with Gasteiger partial charge in [-0.25, -0.2) is 4.79 Å². The zero-order valence-electron chi connectivity index (χ0n) is 11.9. The van der Waals surface area contributed by atoms with E-state index in [2.05, 4.69) is 15.6 Å². The summed E-state index contributed by atoms with van der Waals surface area (Å²) >= 11 is 1.47. The Labute approximate surface area is 128 Å². The van der Waals surface area contributed by atoms with E-state index in [1.54, 1.807) is 13.1 Å². The lowest BCUT2D eigenvalue weighted by Gasteiger charge is -2.22. The molecule has 112 valence electrons. The fourth-order valence-electron chi connectivity index (χ4n) is 1.84. The van der Waals surface area contributed by atoms with Crippen molar-refractivity contribution in [2.75, 3.05) is 13.1 Å². The molecular weight excluding hydrogens is 286 g/mol. The van der Waals surface area contributed by atoms with Crippen molar-refractivity contribution in [3.8, 4) is 0 Å². The molecule has 0 saturated heterocycles. The van der Waals surface area contributed by atoms with E-state index < -0.39 is 5.60 Å². The summed E-state index contributed by atoms with van der Waals surface area (Å²) < 4.78 is 0. The van der Waals surface area contributed by atoms with Gasteiger partial charge in [0, 0.05) is 29.7 Å². The van der Waals surface area contributed by atoms with Gasteiger partial charge in [0.05, 0.1) is 6.54 Å². The number of pyridine rings is 1.